The van der Waals surface area contributed by atoms with E-state index in [1.54, 1.807) is 6.92 Å². The van der Waals surface area contributed by atoms with Crippen molar-refractivity contribution in [1.29, 1.82) is 0 Å². The summed E-state index contributed by atoms with van der Waals surface area (Å²) >= 11 is 0. The molecule has 4 heteroatoms. The predicted octanol–water partition coefficient (Wildman–Crippen LogP) is 3.23. The maximum absolute atomic E-state index is 12.1. The van der Waals surface area contributed by atoms with E-state index in [2.05, 4.69) is 37.8 Å². The molecule has 4 nitrogen and oxygen atoms in total. The molecule has 0 saturated heterocycles. The number of nitrogens with zero attached hydrogens (tertiary/aromatic N) is 1. The molecular formula is C18H23NO3. The van der Waals surface area contributed by atoms with E-state index in [0.29, 0.717) is 18.7 Å². The van der Waals surface area contributed by atoms with Gasteiger partial charge in [0.1, 0.15) is 5.57 Å². The second-order valence-corrected chi connectivity index (χ2v) is 5.75. The summed E-state index contributed by atoms with van der Waals surface area (Å²) in [5, 5.41) is 0. The van der Waals surface area contributed by atoms with Crippen LogP contribution in [0, 0.1) is 20.8 Å². The van der Waals surface area contributed by atoms with Crippen molar-refractivity contribution in [2.24, 2.45) is 0 Å². The zero-order valence-corrected chi connectivity index (χ0v) is 13.9. The lowest BCUT2D eigenvalue weighted by Crippen LogP contribution is -2.35. The van der Waals surface area contributed by atoms with Gasteiger partial charge in [-0.25, -0.2) is 4.79 Å². The van der Waals surface area contributed by atoms with Gasteiger partial charge >= 0.3 is 5.97 Å². The molecule has 0 N–H and O–H groups in total. The minimum atomic E-state index is -0.517. The molecule has 1 aliphatic rings. The number of Topliss-reactive ketones (excluding diaryl/α,β-unsaturated/α-hetero) is 1. The van der Waals surface area contributed by atoms with Crippen LogP contribution in [0.3, 0.4) is 0 Å². The maximum atomic E-state index is 12.1. The Morgan fingerprint density at radius 2 is 1.77 bits per heavy atom. The number of carbonyl (C=O) groups excluding carboxylic acids is 2. The first-order valence-corrected chi connectivity index (χ1v) is 7.63. The molecule has 22 heavy (non-hydrogen) atoms. The van der Waals surface area contributed by atoms with Gasteiger partial charge in [0.05, 0.1) is 6.61 Å². The van der Waals surface area contributed by atoms with Crippen molar-refractivity contribution >= 4 is 17.4 Å². The molecule has 1 aromatic rings. The van der Waals surface area contributed by atoms with Gasteiger partial charge in [0.2, 0.25) is 0 Å². The van der Waals surface area contributed by atoms with Gasteiger partial charge in [-0.2, -0.15) is 0 Å². The second-order valence-electron chi connectivity index (χ2n) is 5.75. The number of hydrogen-bond acceptors (Lipinski definition) is 4. The number of aryl methyl sites for hydroxylation is 3. The molecule has 0 fully saturated rings. The Kier molecular flexibility index (Phi) is 4.69. The Labute approximate surface area is 131 Å². The first kappa shape index (κ1) is 16.3. The summed E-state index contributed by atoms with van der Waals surface area (Å²) in [6.07, 6.45) is 0.332. The monoisotopic (exact) mass is 301 g/mol. The van der Waals surface area contributed by atoms with Gasteiger partial charge in [-0.05, 0) is 45.7 Å². The van der Waals surface area contributed by atoms with Crippen molar-refractivity contribution < 1.29 is 14.3 Å². The summed E-state index contributed by atoms with van der Waals surface area (Å²) in [5.74, 6) is -0.647. The quantitative estimate of drug-likeness (QED) is 0.635. The molecule has 0 spiro atoms. The topological polar surface area (TPSA) is 46.6 Å². The largest absolute Gasteiger partial charge is 0.462 e. The number of anilines is 1. The predicted molar refractivity (Wildman–Crippen MR) is 87.0 cm³/mol. The standard InChI is InChI=1S/C18H23NO3/c1-6-22-18(21)16-14(5)19(8-7-15(16)20)17-12(3)9-11(2)10-13(17)4/h9-10H,6-8H2,1-5H3. The van der Waals surface area contributed by atoms with Crippen LogP contribution >= 0.6 is 0 Å². The molecule has 0 unspecified atom stereocenters. The van der Waals surface area contributed by atoms with Crippen LogP contribution in [0.5, 0.6) is 0 Å². The normalized spacial score (nSPS) is 15.3. The first-order valence-electron chi connectivity index (χ1n) is 7.63. The maximum Gasteiger partial charge on any atom is 0.343 e. The van der Waals surface area contributed by atoms with Gasteiger partial charge in [0.15, 0.2) is 5.78 Å². The number of hydrogen-bond donors (Lipinski definition) is 0. The highest BCUT2D eigenvalue weighted by Gasteiger charge is 2.31. The first-order chi connectivity index (χ1) is 10.4. The number of esters is 1. The lowest BCUT2D eigenvalue weighted by atomic mass is 9.97. The van der Waals surface area contributed by atoms with E-state index in [0.717, 1.165) is 16.8 Å². The number of carbonyl (C=O) groups is 2. The number of rotatable bonds is 3. The molecule has 0 atom stereocenters. The molecule has 1 aromatic carbocycles. The molecule has 0 aliphatic carbocycles. The highest BCUT2D eigenvalue weighted by Crippen LogP contribution is 2.33. The lowest BCUT2D eigenvalue weighted by Gasteiger charge is -2.33. The van der Waals surface area contributed by atoms with Crippen molar-refractivity contribution in [2.75, 3.05) is 18.1 Å². The van der Waals surface area contributed by atoms with E-state index in [-0.39, 0.29) is 18.0 Å². The van der Waals surface area contributed by atoms with Crippen LogP contribution in [0.15, 0.2) is 23.4 Å². The Hall–Kier alpha value is -2.10. The summed E-state index contributed by atoms with van der Waals surface area (Å²) in [4.78, 5) is 26.3. The van der Waals surface area contributed by atoms with Gasteiger partial charge in [0.25, 0.3) is 0 Å². The third-order valence-electron chi connectivity index (χ3n) is 3.99. The molecule has 0 saturated carbocycles. The van der Waals surface area contributed by atoms with Crippen LogP contribution in [0.4, 0.5) is 5.69 Å². The molecular weight excluding hydrogens is 278 g/mol. The summed E-state index contributed by atoms with van der Waals surface area (Å²) in [6, 6.07) is 4.24. The second kappa shape index (κ2) is 6.34. The fourth-order valence-electron chi connectivity index (χ4n) is 3.19. The van der Waals surface area contributed by atoms with Crippen molar-refractivity contribution in [3.63, 3.8) is 0 Å². The molecule has 0 radical (unpaired) electrons. The minimum absolute atomic E-state index is 0.130. The van der Waals surface area contributed by atoms with Crippen LogP contribution in [0.25, 0.3) is 0 Å². The Balaban J connectivity index is 2.53. The fraction of sp³-hybridized carbons (Fsp3) is 0.444. The highest BCUT2D eigenvalue weighted by atomic mass is 16.5. The third-order valence-corrected chi connectivity index (χ3v) is 3.99. The van der Waals surface area contributed by atoms with Crippen LogP contribution in [0.2, 0.25) is 0 Å². The SMILES string of the molecule is CCOC(=O)C1=C(C)N(c2c(C)cc(C)cc2C)CCC1=O. The number of benzene rings is 1. The van der Waals surface area contributed by atoms with Crippen LogP contribution < -0.4 is 4.90 Å². The van der Waals surface area contributed by atoms with Crippen molar-refractivity contribution in [3.8, 4) is 0 Å². The van der Waals surface area contributed by atoms with E-state index in [1.807, 2.05) is 6.92 Å². The molecule has 0 bridgehead atoms. The van der Waals surface area contributed by atoms with Crippen molar-refractivity contribution in [1.82, 2.24) is 0 Å². The van der Waals surface area contributed by atoms with E-state index in [4.69, 9.17) is 4.74 Å². The number of ether oxygens (including phenoxy) is 1. The van der Waals surface area contributed by atoms with Crippen LogP contribution in [0.1, 0.15) is 37.0 Å². The Morgan fingerprint density at radius 1 is 1.18 bits per heavy atom. The summed E-state index contributed by atoms with van der Waals surface area (Å²) < 4.78 is 5.04. The number of allylic oxidation sites excluding steroid dienone is 1. The van der Waals surface area contributed by atoms with E-state index in [1.165, 1.54) is 5.56 Å². The van der Waals surface area contributed by atoms with E-state index in [9.17, 15) is 9.59 Å². The van der Waals surface area contributed by atoms with Gasteiger partial charge < -0.3 is 9.64 Å². The minimum Gasteiger partial charge on any atom is -0.462 e. The lowest BCUT2D eigenvalue weighted by molar-refractivity contribution is -0.140. The number of ketones is 1. The average molecular weight is 301 g/mol. The van der Waals surface area contributed by atoms with Crippen LogP contribution in [-0.4, -0.2) is 24.9 Å². The Morgan fingerprint density at radius 3 is 2.32 bits per heavy atom. The van der Waals surface area contributed by atoms with Gasteiger partial charge in [-0.3, -0.25) is 4.79 Å². The zero-order chi connectivity index (χ0) is 16.4. The molecule has 1 aliphatic heterocycles. The average Bonchev–Trinajstić information content (AvgIpc) is 2.40. The van der Waals surface area contributed by atoms with Crippen molar-refractivity contribution in [2.45, 2.75) is 41.0 Å². The van der Waals surface area contributed by atoms with E-state index >= 15 is 0 Å². The van der Waals surface area contributed by atoms with Gasteiger partial charge in [-0.15, -0.1) is 0 Å². The summed E-state index contributed by atoms with van der Waals surface area (Å²) in [7, 11) is 0. The molecule has 0 aromatic heterocycles. The molecule has 118 valence electrons. The summed E-state index contributed by atoms with van der Waals surface area (Å²) in [5.41, 5.74) is 5.46. The van der Waals surface area contributed by atoms with Crippen LogP contribution in [-0.2, 0) is 14.3 Å². The highest BCUT2D eigenvalue weighted by molar-refractivity contribution is 6.19. The summed E-state index contributed by atoms with van der Waals surface area (Å²) in [6.45, 7) is 10.6. The molecule has 0 amide bonds. The van der Waals surface area contributed by atoms with Gasteiger partial charge in [0, 0.05) is 24.4 Å². The molecule has 1 heterocycles. The van der Waals surface area contributed by atoms with Crippen molar-refractivity contribution in [3.05, 3.63) is 40.1 Å². The zero-order valence-electron chi connectivity index (χ0n) is 13.9. The Bertz CT molecular complexity index is 635. The fourth-order valence-corrected chi connectivity index (χ4v) is 3.19. The smallest absolute Gasteiger partial charge is 0.343 e. The third kappa shape index (κ3) is 2.91. The van der Waals surface area contributed by atoms with Gasteiger partial charge in [-0.1, -0.05) is 17.7 Å². The van der Waals surface area contributed by atoms with E-state index < -0.39 is 5.97 Å². The molecule has 2 rings (SSSR count).